The summed E-state index contributed by atoms with van der Waals surface area (Å²) in [7, 11) is 0. The molecule has 0 bridgehead atoms. The molecule has 1 saturated heterocycles. The van der Waals surface area contributed by atoms with Crippen LogP contribution in [0.5, 0.6) is 0 Å². The summed E-state index contributed by atoms with van der Waals surface area (Å²) in [5, 5.41) is 5.43. The van der Waals surface area contributed by atoms with Gasteiger partial charge in [0, 0.05) is 37.1 Å². The van der Waals surface area contributed by atoms with Crippen LogP contribution in [0.2, 0.25) is 0 Å². The Bertz CT molecular complexity index is 1320. The van der Waals surface area contributed by atoms with Gasteiger partial charge in [0.1, 0.15) is 5.69 Å². The van der Waals surface area contributed by atoms with Crippen LogP contribution >= 0.6 is 0 Å². The van der Waals surface area contributed by atoms with Crippen LogP contribution in [0.4, 0.5) is 0 Å². The largest absolute Gasteiger partial charge is 0.338 e. The maximum Gasteiger partial charge on any atom is 0.270 e. The Morgan fingerprint density at radius 2 is 1.81 bits per heavy atom. The van der Waals surface area contributed by atoms with Crippen molar-refractivity contribution in [3.63, 3.8) is 0 Å². The number of aromatic nitrogens is 3. The molecule has 4 aromatic rings. The van der Waals surface area contributed by atoms with E-state index in [1.807, 2.05) is 49.4 Å². The van der Waals surface area contributed by atoms with E-state index in [0.717, 1.165) is 10.9 Å². The summed E-state index contributed by atoms with van der Waals surface area (Å²) in [4.78, 5) is 36.4. The molecule has 8 nitrogen and oxygen atoms in total. The second-order valence-corrected chi connectivity index (χ2v) is 8.05. The highest BCUT2D eigenvalue weighted by molar-refractivity contribution is 5.96. The number of piperazine rings is 1. The van der Waals surface area contributed by atoms with Crippen molar-refractivity contribution in [1.29, 1.82) is 0 Å². The van der Waals surface area contributed by atoms with Crippen LogP contribution in [0.3, 0.4) is 0 Å². The van der Waals surface area contributed by atoms with Gasteiger partial charge in [0.05, 0.1) is 6.54 Å². The van der Waals surface area contributed by atoms with Crippen LogP contribution in [0.15, 0.2) is 63.9 Å². The zero-order valence-electron chi connectivity index (χ0n) is 17.7. The van der Waals surface area contributed by atoms with Gasteiger partial charge in [0.15, 0.2) is 0 Å². The zero-order chi connectivity index (χ0) is 22.1. The van der Waals surface area contributed by atoms with Crippen LogP contribution in [0.1, 0.15) is 21.9 Å². The number of amides is 1. The van der Waals surface area contributed by atoms with Crippen LogP contribution in [-0.4, -0.2) is 57.0 Å². The summed E-state index contributed by atoms with van der Waals surface area (Å²) in [6.45, 7) is 5.07. The Kier molecular flexibility index (Phi) is 5.28. The second kappa shape index (κ2) is 8.39. The van der Waals surface area contributed by atoms with Crippen molar-refractivity contribution in [3.8, 4) is 11.4 Å². The quantitative estimate of drug-likeness (QED) is 0.536. The molecular weight excluding hydrogens is 406 g/mol. The van der Waals surface area contributed by atoms with E-state index in [1.165, 1.54) is 5.56 Å². The number of carbonyl (C=O) groups is 1. The Morgan fingerprint density at radius 3 is 2.59 bits per heavy atom. The smallest absolute Gasteiger partial charge is 0.270 e. The Hall–Kier alpha value is -3.78. The van der Waals surface area contributed by atoms with Gasteiger partial charge in [-0.25, -0.2) is 0 Å². The molecule has 8 heteroatoms. The highest BCUT2D eigenvalue weighted by Crippen LogP contribution is 2.18. The lowest BCUT2D eigenvalue weighted by Crippen LogP contribution is -2.48. The van der Waals surface area contributed by atoms with Gasteiger partial charge in [-0.3, -0.25) is 14.5 Å². The van der Waals surface area contributed by atoms with Gasteiger partial charge in [-0.1, -0.05) is 53.2 Å². The third kappa shape index (κ3) is 4.04. The Balaban J connectivity index is 1.21. The number of aromatic amines is 1. The summed E-state index contributed by atoms with van der Waals surface area (Å²) in [6, 6.07) is 17.0. The number of rotatable bonds is 4. The predicted octanol–water partition coefficient (Wildman–Crippen LogP) is 2.84. The lowest BCUT2D eigenvalue weighted by molar-refractivity contribution is 0.0609. The molecule has 32 heavy (non-hydrogen) atoms. The van der Waals surface area contributed by atoms with Crippen molar-refractivity contribution in [2.24, 2.45) is 0 Å². The fraction of sp³-hybridized carbons (Fsp3) is 0.250. The van der Waals surface area contributed by atoms with Gasteiger partial charge in [0.2, 0.25) is 11.7 Å². The fourth-order valence-electron chi connectivity index (χ4n) is 3.94. The summed E-state index contributed by atoms with van der Waals surface area (Å²) in [5.41, 5.74) is 2.18. The van der Waals surface area contributed by atoms with Crippen LogP contribution in [-0.2, 0) is 6.54 Å². The third-order valence-corrected chi connectivity index (χ3v) is 5.78. The summed E-state index contributed by atoms with van der Waals surface area (Å²) >= 11 is 0. The van der Waals surface area contributed by atoms with Gasteiger partial charge >= 0.3 is 0 Å². The first-order chi connectivity index (χ1) is 15.6. The lowest BCUT2D eigenvalue weighted by Gasteiger charge is -2.33. The first-order valence-electron chi connectivity index (χ1n) is 10.6. The maximum absolute atomic E-state index is 12.9. The van der Waals surface area contributed by atoms with Gasteiger partial charge < -0.3 is 14.4 Å². The molecular formula is C24H23N5O3. The van der Waals surface area contributed by atoms with Crippen molar-refractivity contribution >= 4 is 16.7 Å². The molecule has 1 amide bonds. The average molecular weight is 429 g/mol. The van der Waals surface area contributed by atoms with E-state index >= 15 is 0 Å². The SMILES string of the molecule is Cc1ccc(-c2noc(CN3CCN(C(=O)c4cc5ccccc5c(=O)[nH]4)CC3)n2)cc1. The lowest BCUT2D eigenvalue weighted by atomic mass is 10.1. The summed E-state index contributed by atoms with van der Waals surface area (Å²) in [5.74, 6) is 0.972. The third-order valence-electron chi connectivity index (χ3n) is 5.78. The predicted molar refractivity (Wildman–Crippen MR) is 120 cm³/mol. The number of nitrogens with one attached hydrogen (secondary N) is 1. The molecule has 5 rings (SSSR count). The first-order valence-corrected chi connectivity index (χ1v) is 10.6. The van der Waals surface area contributed by atoms with Crippen molar-refractivity contribution in [1.82, 2.24) is 24.9 Å². The van der Waals surface area contributed by atoms with Gasteiger partial charge in [-0.15, -0.1) is 0 Å². The topological polar surface area (TPSA) is 95.3 Å². The van der Waals surface area contributed by atoms with Crippen molar-refractivity contribution < 1.29 is 9.32 Å². The number of carbonyl (C=O) groups excluding carboxylic acids is 1. The molecule has 1 aliphatic rings. The van der Waals surface area contributed by atoms with Crippen LogP contribution in [0.25, 0.3) is 22.2 Å². The van der Waals surface area contributed by atoms with Crippen molar-refractivity contribution in [3.05, 3.63) is 82.1 Å². The van der Waals surface area contributed by atoms with Gasteiger partial charge in [0.25, 0.3) is 11.5 Å². The van der Waals surface area contributed by atoms with E-state index < -0.39 is 0 Å². The van der Waals surface area contributed by atoms with E-state index in [1.54, 1.807) is 17.0 Å². The molecule has 2 aromatic carbocycles. The molecule has 162 valence electrons. The average Bonchev–Trinajstić information content (AvgIpc) is 3.28. The molecule has 0 saturated carbocycles. The number of hydrogen-bond donors (Lipinski definition) is 1. The molecule has 3 heterocycles. The minimum Gasteiger partial charge on any atom is -0.338 e. The number of hydrogen-bond acceptors (Lipinski definition) is 6. The number of fused-ring (bicyclic) bond motifs is 1. The Morgan fingerprint density at radius 1 is 1.06 bits per heavy atom. The number of nitrogens with zero attached hydrogens (tertiary/aromatic N) is 4. The maximum atomic E-state index is 12.9. The standard InChI is InChI=1S/C24H23N5O3/c1-16-6-8-17(9-7-16)22-26-21(32-27-22)15-28-10-12-29(13-11-28)24(31)20-14-18-4-2-3-5-19(18)23(30)25-20/h2-9,14H,10-13,15H2,1H3,(H,25,30). The highest BCUT2D eigenvalue weighted by atomic mass is 16.5. The highest BCUT2D eigenvalue weighted by Gasteiger charge is 2.24. The number of H-pyrrole nitrogens is 1. The molecule has 0 unspecified atom stereocenters. The fourth-order valence-corrected chi connectivity index (χ4v) is 3.94. The normalized spacial score (nSPS) is 14.7. The molecule has 0 aliphatic carbocycles. The first kappa shape index (κ1) is 20.1. The zero-order valence-corrected chi connectivity index (χ0v) is 17.7. The number of benzene rings is 2. The minimum absolute atomic E-state index is 0.160. The molecule has 0 radical (unpaired) electrons. The van der Waals surface area contributed by atoms with Crippen molar-refractivity contribution in [2.45, 2.75) is 13.5 Å². The summed E-state index contributed by atoms with van der Waals surface area (Å²) < 4.78 is 5.43. The van der Waals surface area contributed by atoms with Crippen LogP contribution in [0, 0.1) is 6.92 Å². The summed E-state index contributed by atoms with van der Waals surface area (Å²) in [6.07, 6.45) is 0. The number of pyridine rings is 1. The minimum atomic E-state index is -0.245. The van der Waals surface area contributed by atoms with Crippen LogP contribution < -0.4 is 5.56 Å². The van der Waals surface area contributed by atoms with E-state index in [4.69, 9.17) is 4.52 Å². The molecule has 1 fully saturated rings. The monoisotopic (exact) mass is 429 g/mol. The van der Waals surface area contributed by atoms with Gasteiger partial charge in [-0.05, 0) is 24.4 Å². The van der Waals surface area contributed by atoms with E-state index in [0.29, 0.717) is 55.5 Å². The molecule has 1 N–H and O–H groups in total. The Labute approximate surface area is 184 Å². The molecule has 0 spiro atoms. The van der Waals surface area contributed by atoms with Gasteiger partial charge in [-0.2, -0.15) is 4.98 Å². The number of aryl methyl sites for hydroxylation is 1. The molecule has 2 aromatic heterocycles. The molecule has 1 aliphatic heterocycles. The molecule has 0 atom stereocenters. The van der Waals surface area contributed by atoms with E-state index in [2.05, 4.69) is 20.0 Å². The van der Waals surface area contributed by atoms with E-state index in [9.17, 15) is 9.59 Å². The van der Waals surface area contributed by atoms with E-state index in [-0.39, 0.29) is 11.5 Å². The van der Waals surface area contributed by atoms with Crippen molar-refractivity contribution in [2.75, 3.05) is 26.2 Å². The second-order valence-electron chi connectivity index (χ2n) is 8.05.